The zero-order valence-electron chi connectivity index (χ0n) is 19.1. The van der Waals surface area contributed by atoms with Crippen LogP contribution < -0.4 is 4.90 Å². The van der Waals surface area contributed by atoms with Crippen LogP contribution in [0.3, 0.4) is 0 Å². The molecule has 0 spiro atoms. The number of imidazole rings is 1. The zero-order valence-corrected chi connectivity index (χ0v) is 20.9. The van der Waals surface area contributed by atoms with Crippen molar-refractivity contribution in [1.82, 2.24) is 14.6 Å². The van der Waals surface area contributed by atoms with Gasteiger partial charge in [-0.2, -0.15) is 10.4 Å². The first kappa shape index (κ1) is 25.7. The Labute approximate surface area is 205 Å². The molecule has 2 saturated heterocycles. The number of aromatic nitrogens is 3. The molecule has 2 aromatic heterocycles. The molecule has 2 aliphatic heterocycles. The highest BCUT2D eigenvalue weighted by Crippen LogP contribution is 2.55. The molecule has 3 unspecified atom stereocenters. The molecule has 7 atom stereocenters. The second-order valence-corrected chi connectivity index (χ2v) is 13.6. The van der Waals surface area contributed by atoms with Crippen LogP contribution in [0.2, 0.25) is 0 Å². The van der Waals surface area contributed by atoms with Crippen molar-refractivity contribution in [3.05, 3.63) is 23.8 Å². The Morgan fingerprint density at radius 3 is 2.50 bits per heavy atom. The minimum absolute atomic E-state index is 0.124. The van der Waals surface area contributed by atoms with E-state index in [1.54, 1.807) is 12.3 Å². The Balaban J connectivity index is 1.39. The summed E-state index contributed by atoms with van der Waals surface area (Å²) in [5.41, 5.74) is 1.54. The molecular formula is C20H27N5O9P2. The largest absolute Gasteiger partial charge is 0.387 e. The molecule has 3 aliphatic rings. The molecule has 1 aliphatic carbocycles. The maximum absolute atomic E-state index is 11.9. The summed E-state index contributed by atoms with van der Waals surface area (Å²) in [6.45, 7) is 1.03. The summed E-state index contributed by atoms with van der Waals surface area (Å²) in [5, 5.41) is 35.0. The van der Waals surface area contributed by atoms with Crippen LogP contribution in [0.5, 0.6) is 0 Å². The molecule has 2 aromatic rings. The number of nitrogens with zero attached hydrogens (tertiary/aromatic N) is 5. The van der Waals surface area contributed by atoms with E-state index in [9.17, 15) is 29.5 Å². The van der Waals surface area contributed by atoms with Crippen LogP contribution in [0.15, 0.2) is 12.3 Å². The van der Waals surface area contributed by atoms with E-state index in [0.717, 1.165) is 18.8 Å². The molecule has 5 N–H and O–H groups in total. The summed E-state index contributed by atoms with van der Waals surface area (Å²) in [6.07, 6.45) is -0.409. The van der Waals surface area contributed by atoms with E-state index in [1.807, 2.05) is 6.07 Å². The molecule has 0 bridgehead atoms. The van der Waals surface area contributed by atoms with E-state index in [1.165, 1.54) is 23.8 Å². The number of rotatable bonds is 7. The standard InChI is InChI=1S/C20H27N5O9P2/c21-5-13-4-14(24-7-11-2-1-3-12(11)8-24)15-6-22-20(25(15)23-13)19-18(27)17(26)16(34-19)9-33-36(31,32)10-35(28,29)30/h4,6,11-12,16-19,26-27H,1-3,7-10H2,(H,31,32)(H2,28,29,30)/t11?,12?,16-,17-,18-,19-/m1/s1. The number of hydrogen-bond acceptors (Lipinski definition) is 10. The Bertz CT molecular complexity index is 1280. The Kier molecular flexibility index (Phi) is 6.74. The van der Waals surface area contributed by atoms with Crippen molar-refractivity contribution >= 4 is 26.4 Å². The van der Waals surface area contributed by atoms with Gasteiger partial charge in [0.25, 0.3) is 0 Å². The lowest BCUT2D eigenvalue weighted by atomic mass is 10.0. The topological polar surface area (TPSA) is 211 Å². The molecule has 5 rings (SSSR count). The summed E-state index contributed by atoms with van der Waals surface area (Å²) in [5.74, 6) is -0.0499. The molecular weight excluding hydrogens is 516 g/mol. The van der Waals surface area contributed by atoms with Crippen LogP contribution in [-0.2, 0) is 18.4 Å². The van der Waals surface area contributed by atoms with Crippen LogP contribution in [0.25, 0.3) is 5.52 Å². The lowest BCUT2D eigenvalue weighted by molar-refractivity contribution is -0.0217. The SMILES string of the molecule is N#Cc1cc(N2CC3CCCC3C2)c2cnc([C@@H]3O[C@H](COP(=O)(O)CP(=O)(O)O)[C@@H](O)[C@H]3O)n2n1. The van der Waals surface area contributed by atoms with E-state index < -0.39 is 52.1 Å². The number of hydrogen-bond donors (Lipinski definition) is 5. The van der Waals surface area contributed by atoms with Crippen molar-refractivity contribution in [2.45, 2.75) is 43.7 Å². The van der Waals surface area contributed by atoms with Crippen molar-refractivity contribution < 1.29 is 43.3 Å². The molecule has 4 heterocycles. The zero-order chi connectivity index (χ0) is 25.8. The highest BCUT2D eigenvalue weighted by Gasteiger charge is 2.47. The number of ether oxygens (including phenoxy) is 1. The van der Waals surface area contributed by atoms with Gasteiger partial charge in [-0.05, 0) is 24.7 Å². The van der Waals surface area contributed by atoms with Crippen LogP contribution in [-0.4, -0.2) is 83.4 Å². The van der Waals surface area contributed by atoms with Gasteiger partial charge in [0.15, 0.2) is 17.4 Å². The summed E-state index contributed by atoms with van der Waals surface area (Å²) < 4.78 is 34.8. The Morgan fingerprint density at radius 2 is 1.86 bits per heavy atom. The predicted molar refractivity (Wildman–Crippen MR) is 123 cm³/mol. The smallest absolute Gasteiger partial charge is 0.340 e. The van der Waals surface area contributed by atoms with Gasteiger partial charge < -0.3 is 39.1 Å². The maximum atomic E-state index is 11.9. The second kappa shape index (κ2) is 9.44. The fourth-order valence-electron chi connectivity index (χ4n) is 5.48. The van der Waals surface area contributed by atoms with Crippen molar-refractivity contribution in [1.29, 1.82) is 5.26 Å². The summed E-state index contributed by atoms with van der Waals surface area (Å²) in [7, 11) is -9.51. The van der Waals surface area contributed by atoms with Gasteiger partial charge in [0.2, 0.25) is 0 Å². The number of nitriles is 1. The number of anilines is 1. The first-order chi connectivity index (χ1) is 17.0. The molecule has 14 nitrogen and oxygen atoms in total. The van der Waals surface area contributed by atoms with E-state index in [0.29, 0.717) is 17.4 Å². The molecule has 1 saturated carbocycles. The summed E-state index contributed by atoms with van der Waals surface area (Å²) in [6, 6.07) is 3.75. The van der Waals surface area contributed by atoms with Gasteiger partial charge in [-0.15, -0.1) is 0 Å². The third-order valence-electron chi connectivity index (χ3n) is 7.11. The number of aliphatic hydroxyl groups is 2. The fraction of sp³-hybridized carbons (Fsp3) is 0.650. The lowest BCUT2D eigenvalue weighted by Crippen LogP contribution is -2.33. The molecule has 0 aromatic carbocycles. The summed E-state index contributed by atoms with van der Waals surface area (Å²) in [4.78, 5) is 34.1. The van der Waals surface area contributed by atoms with Crippen molar-refractivity contribution in [3.63, 3.8) is 0 Å². The molecule has 196 valence electrons. The number of fused-ring (bicyclic) bond motifs is 2. The molecule has 0 radical (unpaired) electrons. The molecule has 16 heteroatoms. The lowest BCUT2D eigenvalue weighted by Gasteiger charge is -2.21. The van der Waals surface area contributed by atoms with Crippen molar-refractivity contribution in [2.75, 3.05) is 30.5 Å². The first-order valence-electron chi connectivity index (χ1n) is 11.5. The highest BCUT2D eigenvalue weighted by atomic mass is 31.2. The monoisotopic (exact) mass is 543 g/mol. The van der Waals surface area contributed by atoms with Gasteiger partial charge in [0, 0.05) is 19.2 Å². The van der Waals surface area contributed by atoms with Crippen LogP contribution >= 0.6 is 15.2 Å². The van der Waals surface area contributed by atoms with Gasteiger partial charge in [-0.25, -0.2) is 9.50 Å². The first-order valence-corrected chi connectivity index (χ1v) is 15.1. The minimum Gasteiger partial charge on any atom is -0.387 e. The van der Waals surface area contributed by atoms with Gasteiger partial charge in [0.1, 0.15) is 36.0 Å². The minimum atomic E-state index is -4.83. The van der Waals surface area contributed by atoms with Gasteiger partial charge >= 0.3 is 15.2 Å². The van der Waals surface area contributed by atoms with Crippen LogP contribution in [0.1, 0.15) is 36.9 Å². The van der Waals surface area contributed by atoms with Crippen LogP contribution in [0.4, 0.5) is 5.69 Å². The van der Waals surface area contributed by atoms with Crippen molar-refractivity contribution in [2.24, 2.45) is 11.8 Å². The second-order valence-electron chi connectivity index (χ2n) is 9.61. The third kappa shape index (κ3) is 4.96. The predicted octanol–water partition coefficient (Wildman–Crippen LogP) is 0.336. The molecule has 3 fully saturated rings. The van der Waals surface area contributed by atoms with Gasteiger partial charge in [0.05, 0.1) is 18.5 Å². The molecule has 36 heavy (non-hydrogen) atoms. The highest BCUT2D eigenvalue weighted by molar-refractivity contribution is 7.70. The van der Waals surface area contributed by atoms with Gasteiger partial charge in [-0.3, -0.25) is 9.13 Å². The average molecular weight is 543 g/mol. The van der Waals surface area contributed by atoms with E-state index in [4.69, 9.17) is 19.0 Å². The maximum Gasteiger partial charge on any atom is 0.340 e. The summed E-state index contributed by atoms with van der Waals surface area (Å²) >= 11 is 0. The van der Waals surface area contributed by atoms with Crippen molar-refractivity contribution in [3.8, 4) is 6.07 Å². The molecule has 0 amide bonds. The number of aliphatic hydroxyl groups excluding tert-OH is 2. The fourth-order valence-corrected chi connectivity index (χ4v) is 8.05. The van der Waals surface area contributed by atoms with E-state index in [-0.39, 0.29) is 11.5 Å². The quantitative estimate of drug-likeness (QED) is 0.299. The van der Waals surface area contributed by atoms with E-state index >= 15 is 0 Å². The average Bonchev–Trinajstić information content (AvgIpc) is 3.54. The third-order valence-corrected chi connectivity index (χ3v) is 10.6. The van der Waals surface area contributed by atoms with Gasteiger partial charge in [-0.1, -0.05) is 6.42 Å². The Morgan fingerprint density at radius 1 is 1.17 bits per heavy atom. The van der Waals surface area contributed by atoms with Crippen LogP contribution in [0, 0.1) is 23.2 Å². The van der Waals surface area contributed by atoms with E-state index in [2.05, 4.69) is 15.0 Å². The Hall–Kier alpha value is -1.91. The normalized spacial score (nSPS) is 32.1.